The lowest BCUT2D eigenvalue weighted by molar-refractivity contribution is -0.147. The molecule has 1 aliphatic heterocycles. The topological polar surface area (TPSA) is 61.8 Å². The fourth-order valence-corrected chi connectivity index (χ4v) is 5.85. The van der Waals surface area contributed by atoms with E-state index in [1.807, 2.05) is 60.7 Å². The second-order valence-corrected chi connectivity index (χ2v) is 9.72. The number of para-hydroxylation sites is 1. The molecule has 5 rings (SSSR count). The fourth-order valence-electron chi connectivity index (χ4n) is 5.85. The summed E-state index contributed by atoms with van der Waals surface area (Å²) in [6, 6.07) is 19.7. The Hall–Kier alpha value is -2.37. The Morgan fingerprint density at radius 2 is 1.62 bits per heavy atom. The van der Waals surface area contributed by atoms with Gasteiger partial charge in [0.1, 0.15) is 5.75 Å². The number of rotatable bonds is 9. The number of nitrogens with one attached hydrogen (secondary N) is 1. The SMILES string of the molecule is O=C(NC1C2CN(CCCOc3ccccc3)CC21)C(O)(c1ccccc1)C1CCCC1. The highest BCUT2D eigenvalue weighted by atomic mass is 16.5. The highest BCUT2D eigenvalue weighted by Crippen LogP contribution is 2.47. The van der Waals surface area contributed by atoms with Crippen LogP contribution in [0.2, 0.25) is 0 Å². The van der Waals surface area contributed by atoms with E-state index in [1.54, 1.807) is 0 Å². The maximum absolute atomic E-state index is 13.4. The predicted octanol–water partition coefficient (Wildman–Crippen LogP) is 3.58. The van der Waals surface area contributed by atoms with Gasteiger partial charge < -0.3 is 20.1 Å². The van der Waals surface area contributed by atoms with Crippen LogP contribution in [0.15, 0.2) is 60.7 Å². The number of benzene rings is 2. The van der Waals surface area contributed by atoms with Crippen molar-refractivity contribution < 1.29 is 14.6 Å². The number of ether oxygens (including phenoxy) is 1. The zero-order chi connectivity index (χ0) is 22.0. The Bertz CT molecular complexity index is 888. The normalized spacial score (nSPS) is 27.0. The molecule has 2 aromatic rings. The first-order valence-electron chi connectivity index (χ1n) is 12.2. The molecule has 5 nitrogen and oxygen atoms in total. The Kier molecular flexibility index (Phi) is 6.20. The number of carbonyl (C=O) groups excluding carboxylic acids is 1. The Labute approximate surface area is 190 Å². The summed E-state index contributed by atoms with van der Waals surface area (Å²) in [5.41, 5.74) is -0.682. The first-order valence-corrected chi connectivity index (χ1v) is 12.2. The summed E-state index contributed by atoms with van der Waals surface area (Å²) in [6.45, 7) is 3.79. The standard InChI is InChI=1S/C27H34N2O3/c30-26(27(31,21-12-7-8-13-21)20-10-3-1-4-11-20)28-25-23-18-29(19-24(23)25)16-9-17-32-22-14-5-2-6-15-22/h1-6,10-11,14-15,21,23-25,31H,7-9,12-13,16-19H2,(H,28,30). The Morgan fingerprint density at radius 1 is 1.00 bits per heavy atom. The van der Waals surface area contributed by atoms with E-state index in [-0.39, 0.29) is 17.9 Å². The second-order valence-electron chi connectivity index (χ2n) is 9.72. The molecule has 2 N–H and O–H groups in total. The zero-order valence-corrected chi connectivity index (χ0v) is 18.7. The number of fused-ring (bicyclic) bond motifs is 1. The molecule has 3 aliphatic rings. The number of aliphatic hydroxyl groups is 1. The van der Waals surface area contributed by atoms with E-state index in [2.05, 4.69) is 10.2 Å². The molecular formula is C27H34N2O3. The lowest BCUT2D eigenvalue weighted by atomic mass is 9.79. The van der Waals surface area contributed by atoms with Crippen molar-refractivity contribution in [1.82, 2.24) is 10.2 Å². The van der Waals surface area contributed by atoms with E-state index >= 15 is 0 Å². The molecule has 1 saturated heterocycles. The molecule has 2 aromatic carbocycles. The van der Waals surface area contributed by atoms with Gasteiger partial charge in [-0.05, 0) is 48.8 Å². The van der Waals surface area contributed by atoms with Crippen molar-refractivity contribution in [1.29, 1.82) is 0 Å². The van der Waals surface area contributed by atoms with Crippen molar-refractivity contribution in [3.8, 4) is 5.75 Å². The monoisotopic (exact) mass is 434 g/mol. The largest absolute Gasteiger partial charge is 0.494 e. The molecule has 0 bridgehead atoms. The third-order valence-corrected chi connectivity index (χ3v) is 7.70. The van der Waals surface area contributed by atoms with Gasteiger partial charge in [-0.15, -0.1) is 0 Å². The molecule has 3 atom stereocenters. The van der Waals surface area contributed by atoms with Crippen LogP contribution in [0.4, 0.5) is 0 Å². The van der Waals surface area contributed by atoms with Crippen molar-refractivity contribution in [3.05, 3.63) is 66.2 Å². The van der Waals surface area contributed by atoms with Crippen LogP contribution in [0.1, 0.15) is 37.7 Å². The molecule has 170 valence electrons. The quantitative estimate of drug-likeness (QED) is 0.592. The van der Waals surface area contributed by atoms with Crippen molar-refractivity contribution >= 4 is 5.91 Å². The molecule has 2 aliphatic carbocycles. The average Bonchev–Trinajstić information content (AvgIpc) is 3.25. The summed E-state index contributed by atoms with van der Waals surface area (Å²) in [5, 5.41) is 14.9. The second kappa shape index (κ2) is 9.24. The van der Waals surface area contributed by atoms with Crippen LogP contribution in [0, 0.1) is 17.8 Å². The molecule has 5 heteroatoms. The molecule has 1 heterocycles. The number of hydrogen-bond acceptors (Lipinski definition) is 4. The van der Waals surface area contributed by atoms with Crippen LogP contribution < -0.4 is 10.1 Å². The van der Waals surface area contributed by atoms with Gasteiger partial charge in [0, 0.05) is 31.6 Å². The maximum atomic E-state index is 13.4. The van der Waals surface area contributed by atoms with E-state index in [9.17, 15) is 9.90 Å². The van der Waals surface area contributed by atoms with E-state index < -0.39 is 5.60 Å². The van der Waals surface area contributed by atoms with Gasteiger partial charge in [0.15, 0.2) is 5.60 Å². The molecule has 3 fully saturated rings. The smallest absolute Gasteiger partial charge is 0.257 e. The predicted molar refractivity (Wildman–Crippen MR) is 124 cm³/mol. The minimum Gasteiger partial charge on any atom is -0.494 e. The molecule has 3 unspecified atom stereocenters. The van der Waals surface area contributed by atoms with Gasteiger partial charge in [-0.2, -0.15) is 0 Å². The van der Waals surface area contributed by atoms with E-state index in [0.717, 1.165) is 69.7 Å². The first-order chi connectivity index (χ1) is 15.7. The maximum Gasteiger partial charge on any atom is 0.257 e. The Morgan fingerprint density at radius 3 is 2.28 bits per heavy atom. The minimum absolute atomic E-state index is 0.00426. The van der Waals surface area contributed by atoms with Crippen molar-refractivity contribution in [2.24, 2.45) is 17.8 Å². The number of hydrogen-bond donors (Lipinski definition) is 2. The third-order valence-electron chi connectivity index (χ3n) is 7.70. The average molecular weight is 435 g/mol. The summed E-state index contributed by atoms with van der Waals surface area (Å²) in [4.78, 5) is 15.8. The zero-order valence-electron chi connectivity index (χ0n) is 18.7. The lowest BCUT2D eigenvalue weighted by Gasteiger charge is -2.33. The molecule has 1 amide bonds. The minimum atomic E-state index is -1.41. The summed E-state index contributed by atoms with van der Waals surface area (Å²) in [5.74, 6) is 1.75. The summed E-state index contributed by atoms with van der Waals surface area (Å²) < 4.78 is 5.79. The van der Waals surface area contributed by atoms with Crippen molar-refractivity contribution in [2.45, 2.75) is 43.7 Å². The molecular weight excluding hydrogens is 400 g/mol. The van der Waals surface area contributed by atoms with Gasteiger partial charge >= 0.3 is 0 Å². The molecule has 0 radical (unpaired) electrons. The van der Waals surface area contributed by atoms with Crippen LogP contribution in [0.3, 0.4) is 0 Å². The number of nitrogens with zero attached hydrogens (tertiary/aromatic N) is 1. The summed E-state index contributed by atoms with van der Waals surface area (Å²) >= 11 is 0. The highest BCUT2D eigenvalue weighted by Gasteiger charge is 2.58. The van der Waals surface area contributed by atoms with Gasteiger partial charge in [-0.3, -0.25) is 4.79 Å². The van der Waals surface area contributed by atoms with Gasteiger partial charge in [0.25, 0.3) is 5.91 Å². The molecule has 0 spiro atoms. The molecule has 2 saturated carbocycles. The van der Waals surface area contributed by atoms with Crippen molar-refractivity contribution in [3.63, 3.8) is 0 Å². The molecule has 32 heavy (non-hydrogen) atoms. The van der Waals surface area contributed by atoms with E-state index in [0.29, 0.717) is 11.8 Å². The number of carbonyl (C=O) groups is 1. The summed E-state index contributed by atoms with van der Waals surface area (Å²) in [7, 11) is 0. The Balaban J connectivity index is 1.11. The number of piperidine rings is 1. The fraction of sp³-hybridized carbons (Fsp3) is 0.519. The number of amides is 1. The third kappa shape index (κ3) is 4.28. The van der Waals surface area contributed by atoms with Crippen LogP contribution in [0.25, 0.3) is 0 Å². The highest BCUT2D eigenvalue weighted by molar-refractivity contribution is 5.87. The van der Waals surface area contributed by atoms with Crippen LogP contribution in [-0.2, 0) is 10.4 Å². The number of likely N-dealkylation sites (tertiary alicyclic amines) is 1. The van der Waals surface area contributed by atoms with Crippen LogP contribution in [-0.4, -0.2) is 48.2 Å². The first kappa shape index (κ1) is 21.5. The van der Waals surface area contributed by atoms with Gasteiger partial charge in [0.2, 0.25) is 0 Å². The van der Waals surface area contributed by atoms with Gasteiger partial charge in [-0.1, -0.05) is 61.4 Å². The van der Waals surface area contributed by atoms with Crippen LogP contribution in [0.5, 0.6) is 5.75 Å². The van der Waals surface area contributed by atoms with E-state index in [1.165, 1.54) is 0 Å². The van der Waals surface area contributed by atoms with Crippen LogP contribution >= 0.6 is 0 Å². The van der Waals surface area contributed by atoms with Crippen molar-refractivity contribution in [2.75, 3.05) is 26.2 Å². The van der Waals surface area contributed by atoms with E-state index in [4.69, 9.17) is 4.74 Å². The lowest BCUT2D eigenvalue weighted by Crippen LogP contribution is -2.51. The molecule has 0 aromatic heterocycles. The van der Waals surface area contributed by atoms with Gasteiger partial charge in [0.05, 0.1) is 6.61 Å². The van der Waals surface area contributed by atoms with Gasteiger partial charge in [-0.25, -0.2) is 0 Å². The summed E-state index contributed by atoms with van der Waals surface area (Å²) in [6.07, 6.45) is 5.00.